The molecule has 144 valence electrons. The van der Waals surface area contributed by atoms with Gasteiger partial charge in [0.15, 0.2) is 6.61 Å². The summed E-state index contributed by atoms with van der Waals surface area (Å²) in [6.45, 7) is 7.93. The van der Waals surface area contributed by atoms with Crippen LogP contribution in [0.3, 0.4) is 0 Å². The monoisotopic (exact) mass is 368 g/mol. The van der Waals surface area contributed by atoms with Crippen LogP contribution in [-0.2, 0) is 16.1 Å². The highest BCUT2D eigenvalue weighted by Crippen LogP contribution is 2.21. The van der Waals surface area contributed by atoms with Gasteiger partial charge in [0, 0.05) is 13.6 Å². The number of aryl methyl sites for hydroxylation is 2. The van der Waals surface area contributed by atoms with E-state index in [-0.39, 0.29) is 18.4 Å². The first-order chi connectivity index (χ1) is 12.8. The third-order valence-electron chi connectivity index (χ3n) is 4.76. The van der Waals surface area contributed by atoms with Crippen molar-refractivity contribution in [2.45, 2.75) is 40.3 Å². The summed E-state index contributed by atoms with van der Waals surface area (Å²) in [5.74, 6) is 0.253. The van der Waals surface area contributed by atoms with Gasteiger partial charge in [-0.15, -0.1) is 0 Å². The van der Waals surface area contributed by atoms with Crippen LogP contribution in [0.1, 0.15) is 29.2 Å². The van der Waals surface area contributed by atoms with Gasteiger partial charge in [-0.2, -0.15) is 0 Å². The molecule has 0 aliphatic rings. The van der Waals surface area contributed by atoms with Gasteiger partial charge >= 0.3 is 0 Å². The molecule has 1 unspecified atom stereocenters. The minimum Gasteiger partial charge on any atom is -0.483 e. The zero-order valence-corrected chi connectivity index (χ0v) is 16.7. The van der Waals surface area contributed by atoms with Crippen LogP contribution in [0.2, 0.25) is 0 Å². The quantitative estimate of drug-likeness (QED) is 0.817. The van der Waals surface area contributed by atoms with Crippen LogP contribution in [-0.4, -0.2) is 36.4 Å². The lowest BCUT2D eigenvalue weighted by atomic mass is 10.1. The number of carbonyl (C=O) groups is 2. The number of hydrogen-bond donors (Lipinski definition) is 1. The number of ether oxygens (including phenoxy) is 1. The zero-order chi connectivity index (χ0) is 20.0. The van der Waals surface area contributed by atoms with E-state index < -0.39 is 6.04 Å². The smallest absolute Gasteiger partial charge is 0.261 e. The lowest BCUT2D eigenvalue weighted by Gasteiger charge is -2.28. The number of hydrogen-bond acceptors (Lipinski definition) is 3. The van der Waals surface area contributed by atoms with E-state index in [1.54, 1.807) is 18.9 Å². The first-order valence-corrected chi connectivity index (χ1v) is 9.09. The van der Waals surface area contributed by atoms with Crippen molar-refractivity contribution >= 4 is 11.8 Å². The number of benzene rings is 2. The van der Waals surface area contributed by atoms with Crippen LogP contribution >= 0.6 is 0 Å². The molecule has 2 amide bonds. The van der Waals surface area contributed by atoms with Gasteiger partial charge < -0.3 is 15.0 Å². The molecule has 0 spiro atoms. The maximum atomic E-state index is 12.9. The SMILES string of the molecule is CNC(=O)C(C)N(Cc1cccc(C)c1)C(=O)COc1cccc(C)c1C. The van der Waals surface area contributed by atoms with Crippen molar-refractivity contribution in [1.29, 1.82) is 0 Å². The molecule has 5 nitrogen and oxygen atoms in total. The zero-order valence-electron chi connectivity index (χ0n) is 16.7. The van der Waals surface area contributed by atoms with Gasteiger partial charge in [-0.1, -0.05) is 42.0 Å². The van der Waals surface area contributed by atoms with Crippen LogP contribution in [0.4, 0.5) is 0 Å². The molecule has 0 fully saturated rings. The Morgan fingerprint density at radius 3 is 2.48 bits per heavy atom. The molecular formula is C22H28N2O3. The minimum atomic E-state index is -0.592. The topological polar surface area (TPSA) is 58.6 Å². The van der Waals surface area contributed by atoms with Gasteiger partial charge in [-0.25, -0.2) is 0 Å². The lowest BCUT2D eigenvalue weighted by Crippen LogP contribution is -2.48. The third-order valence-corrected chi connectivity index (χ3v) is 4.76. The maximum absolute atomic E-state index is 12.9. The van der Waals surface area contributed by atoms with E-state index >= 15 is 0 Å². The number of nitrogens with zero attached hydrogens (tertiary/aromatic N) is 1. The molecule has 27 heavy (non-hydrogen) atoms. The molecule has 0 radical (unpaired) electrons. The first kappa shape index (κ1) is 20.5. The Morgan fingerprint density at radius 2 is 1.81 bits per heavy atom. The molecule has 0 saturated carbocycles. The van der Waals surface area contributed by atoms with E-state index in [2.05, 4.69) is 5.32 Å². The van der Waals surface area contributed by atoms with Gasteiger partial charge in [0.05, 0.1) is 0 Å². The summed E-state index contributed by atoms with van der Waals surface area (Å²) < 4.78 is 5.76. The molecule has 1 atom stereocenters. The molecular weight excluding hydrogens is 340 g/mol. The standard InChI is InChI=1S/C22H28N2O3/c1-15-8-6-10-19(12-15)13-24(18(4)22(26)23-5)21(25)14-27-20-11-7-9-16(2)17(20)3/h6-12,18H,13-14H2,1-5H3,(H,23,26). The summed E-state index contributed by atoms with van der Waals surface area (Å²) in [4.78, 5) is 26.6. The van der Waals surface area contributed by atoms with Crippen molar-refractivity contribution in [3.8, 4) is 5.75 Å². The molecule has 1 N–H and O–H groups in total. The van der Waals surface area contributed by atoms with E-state index in [1.165, 1.54) is 0 Å². The largest absolute Gasteiger partial charge is 0.483 e. The highest BCUT2D eigenvalue weighted by molar-refractivity contribution is 5.87. The molecule has 0 bridgehead atoms. The molecule has 0 aliphatic carbocycles. The van der Waals surface area contributed by atoms with E-state index in [9.17, 15) is 9.59 Å². The number of likely N-dealkylation sites (N-methyl/N-ethyl adjacent to an activating group) is 1. The van der Waals surface area contributed by atoms with Gasteiger partial charge in [0.25, 0.3) is 5.91 Å². The summed E-state index contributed by atoms with van der Waals surface area (Å²) in [6, 6.07) is 13.1. The second-order valence-electron chi connectivity index (χ2n) is 6.79. The summed E-state index contributed by atoms with van der Waals surface area (Å²) >= 11 is 0. The fourth-order valence-electron chi connectivity index (χ4n) is 2.90. The molecule has 0 heterocycles. The van der Waals surface area contributed by atoms with Crippen LogP contribution < -0.4 is 10.1 Å². The van der Waals surface area contributed by atoms with E-state index in [0.29, 0.717) is 12.3 Å². The molecule has 2 aromatic rings. The summed E-state index contributed by atoms with van der Waals surface area (Å²) in [6.07, 6.45) is 0. The predicted molar refractivity (Wildman–Crippen MR) is 107 cm³/mol. The molecule has 2 aromatic carbocycles. The Hall–Kier alpha value is -2.82. The highest BCUT2D eigenvalue weighted by atomic mass is 16.5. The Kier molecular flexibility index (Phi) is 6.99. The number of amides is 2. The van der Waals surface area contributed by atoms with Crippen LogP contribution in [0, 0.1) is 20.8 Å². The number of carbonyl (C=O) groups excluding carboxylic acids is 2. The van der Waals surface area contributed by atoms with Gasteiger partial charge in [-0.05, 0) is 50.5 Å². The second-order valence-corrected chi connectivity index (χ2v) is 6.79. The molecule has 0 saturated heterocycles. The van der Waals surface area contributed by atoms with Crippen LogP contribution in [0.5, 0.6) is 5.75 Å². The third kappa shape index (κ3) is 5.33. The fourth-order valence-corrected chi connectivity index (χ4v) is 2.90. The number of nitrogens with one attached hydrogen (secondary N) is 1. The maximum Gasteiger partial charge on any atom is 0.261 e. The van der Waals surface area contributed by atoms with Crippen LogP contribution in [0.15, 0.2) is 42.5 Å². The van der Waals surface area contributed by atoms with Crippen molar-refractivity contribution in [3.05, 3.63) is 64.7 Å². The van der Waals surface area contributed by atoms with Gasteiger partial charge in [0.1, 0.15) is 11.8 Å². The molecule has 0 aliphatic heterocycles. The molecule has 0 aromatic heterocycles. The number of rotatable bonds is 7. The van der Waals surface area contributed by atoms with Crippen LogP contribution in [0.25, 0.3) is 0 Å². The van der Waals surface area contributed by atoms with Gasteiger partial charge in [0.2, 0.25) is 5.91 Å². The van der Waals surface area contributed by atoms with Crippen molar-refractivity contribution in [2.75, 3.05) is 13.7 Å². The predicted octanol–water partition coefficient (Wildman–Crippen LogP) is 3.15. The van der Waals surface area contributed by atoms with E-state index in [1.807, 2.05) is 63.2 Å². The van der Waals surface area contributed by atoms with Crippen molar-refractivity contribution < 1.29 is 14.3 Å². The molecule has 2 rings (SSSR count). The van der Waals surface area contributed by atoms with Gasteiger partial charge in [-0.3, -0.25) is 9.59 Å². The Labute approximate surface area is 161 Å². The Bertz CT molecular complexity index is 817. The summed E-state index contributed by atoms with van der Waals surface area (Å²) in [5.41, 5.74) is 4.20. The normalized spacial score (nSPS) is 11.6. The first-order valence-electron chi connectivity index (χ1n) is 9.09. The van der Waals surface area contributed by atoms with Crippen molar-refractivity contribution in [3.63, 3.8) is 0 Å². The Balaban J connectivity index is 2.17. The highest BCUT2D eigenvalue weighted by Gasteiger charge is 2.26. The fraction of sp³-hybridized carbons (Fsp3) is 0.364. The minimum absolute atomic E-state index is 0.114. The van der Waals surface area contributed by atoms with E-state index in [4.69, 9.17) is 4.74 Å². The van der Waals surface area contributed by atoms with E-state index in [0.717, 1.165) is 22.3 Å². The Morgan fingerprint density at radius 1 is 1.11 bits per heavy atom. The van der Waals surface area contributed by atoms with Crippen molar-refractivity contribution in [2.24, 2.45) is 0 Å². The van der Waals surface area contributed by atoms with Crippen molar-refractivity contribution in [1.82, 2.24) is 10.2 Å². The summed E-state index contributed by atoms with van der Waals surface area (Å²) in [5, 5.41) is 2.61. The lowest BCUT2D eigenvalue weighted by molar-refractivity contribution is -0.142. The molecule has 5 heteroatoms. The second kappa shape index (κ2) is 9.21. The average molecular weight is 368 g/mol. The average Bonchev–Trinajstić information content (AvgIpc) is 2.66. The summed E-state index contributed by atoms with van der Waals surface area (Å²) in [7, 11) is 1.57.